The first kappa shape index (κ1) is 20.8. The average Bonchev–Trinajstić information content (AvgIpc) is 3.30. The highest BCUT2D eigenvalue weighted by Gasteiger charge is 2.37. The second kappa shape index (κ2) is 8.47. The third-order valence-corrected chi connectivity index (χ3v) is 7.01. The van der Waals surface area contributed by atoms with E-state index in [2.05, 4.69) is 87.8 Å². The second-order valence-electron chi connectivity index (χ2n) is 8.47. The first-order valence-corrected chi connectivity index (χ1v) is 11.6. The highest BCUT2D eigenvalue weighted by atomic mass is 79.9. The fraction of sp³-hybridized carbons (Fsp3) is 0.222. The van der Waals surface area contributed by atoms with Crippen LogP contribution in [-0.2, 0) is 0 Å². The number of allylic oxidation sites excluding steroid dienone is 2. The summed E-state index contributed by atoms with van der Waals surface area (Å²) in [4.78, 5) is 4.61. The second-order valence-corrected chi connectivity index (χ2v) is 9.32. The summed E-state index contributed by atoms with van der Waals surface area (Å²) in [6.45, 7) is 2.16. The summed E-state index contributed by atoms with van der Waals surface area (Å²) in [5.74, 6) is 1.50. The molecule has 0 saturated carbocycles. The molecule has 0 saturated heterocycles. The number of aliphatic imine (C=N–C) groups is 1. The summed E-state index contributed by atoms with van der Waals surface area (Å²) in [6.07, 6.45) is 7.56. The topological polar surface area (TPSA) is 53.8 Å². The molecular weight excluding hydrogens is 464 g/mol. The van der Waals surface area contributed by atoms with E-state index < -0.39 is 0 Å². The fourth-order valence-electron chi connectivity index (χ4n) is 4.78. The van der Waals surface area contributed by atoms with Crippen LogP contribution in [0, 0.1) is 12.8 Å². The molecule has 0 fully saturated rings. The van der Waals surface area contributed by atoms with Crippen molar-refractivity contribution in [1.29, 1.82) is 0 Å². The third kappa shape index (κ3) is 3.82. The minimum atomic E-state index is 0.0884. The highest BCUT2D eigenvalue weighted by Crippen LogP contribution is 2.50. The molecule has 32 heavy (non-hydrogen) atoms. The molecular formula is C27H25BrN2O2. The van der Waals surface area contributed by atoms with Gasteiger partial charge in [-0.2, -0.15) is 0 Å². The molecule has 5 rings (SSSR count). The van der Waals surface area contributed by atoms with Gasteiger partial charge in [-0.1, -0.05) is 42.0 Å². The molecule has 5 heteroatoms. The Morgan fingerprint density at radius 3 is 2.72 bits per heavy atom. The van der Waals surface area contributed by atoms with E-state index in [0.29, 0.717) is 22.1 Å². The Balaban J connectivity index is 1.38. The van der Waals surface area contributed by atoms with Gasteiger partial charge in [0.15, 0.2) is 11.5 Å². The Labute approximate surface area is 196 Å². The van der Waals surface area contributed by atoms with Gasteiger partial charge in [0.05, 0.1) is 23.3 Å². The summed E-state index contributed by atoms with van der Waals surface area (Å²) >= 11 is 3.35. The van der Waals surface area contributed by atoms with Crippen molar-refractivity contribution < 1.29 is 9.84 Å². The fourth-order valence-corrected chi connectivity index (χ4v) is 5.24. The monoisotopic (exact) mass is 488 g/mol. The Bertz CT molecular complexity index is 1220. The third-order valence-electron chi connectivity index (χ3n) is 6.40. The smallest absolute Gasteiger partial charge is 0.172 e. The Kier molecular flexibility index (Phi) is 5.51. The van der Waals surface area contributed by atoms with Crippen LogP contribution in [0.5, 0.6) is 11.5 Å². The van der Waals surface area contributed by atoms with E-state index in [-0.39, 0.29) is 11.8 Å². The lowest BCUT2D eigenvalue weighted by molar-refractivity contribution is 0.372. The normalized spacial score (nSPS) is 21.3. The van der Waals surface area contributed by atoms with E-state index >= 15 is 0 Å². The number of aromatic hydroxyl groups is 1. The molecule has 1 heterocycles. The number of hydrogen-bond acceptors (Lipinski definition) is 4. The van der Waals surface area contributed by atoms with Crippen LogP contribution in [0.25, 0.3) is 0 Å². The standard InChI is InChI=1S/C27H25BrN2O2/c1-16-6-11-24-22(12-16)20-4-3-5-21(20)26(30-24)18-7-9-19(10-8-18)29-15-17-13-23(28)27(31)25(14-17)32-2/h3-4,6-15,20-21,26,30-31H,5H2,1-2H3/t20-,21+,26-/m0/s1. The van der Waals surface area contributed by atoms with Crippen LogP contribution in [0.15, 0.2) is 76.2 Å². The minimum absolute atomic E-state index is 0.0884. The molecule has 1 aliphatic carbocycles. The van der Waals surface area contributed by atoms with Crippen LogP contribution in [0.2, 0.25) is 0 Å². The summed E-state index contributed by atoms with van der Waals surface area (Å²) in [6, 6.07) is 19.0. The molecule has 0 amide bonds. The number of ether oxygens (including phenoxy) is 1. The molecule has 3 atom stereocenters. The first-order valence-electron chi connectivity index (χ1n) is 10.8. The van der Waals surface area contributed by atoms with E-state index in [1.54, 1.807) is 12.3 Å². The zero-order valence-corrected chi connectivity index (χ0v) is 19.6. The van der Waals surface area contributed by atoms with Crippen LogP contribution in [0.3, 0.4) is 0 Å². The van der Waals surface area contributed by atoms with Gasteiger partial charge >= 0.3 is 0 Å². The number of benzene rings is 3. The maximum absolute atomic E-state index is 9.97. The quantitative estimate of drug-likeness (QED) is 0.305. The van der Waals surface area contributed by atoms with Gasteiger partial charge in [0.1, 0.15) is 0 Å². The number of nitrogens with one attached hydrogen (secondary N) is 1. The predicted molar refractivity (Wildman–Crippen MR) is 134 cm³/mol. The average molecular weight is 489 g/mol. The number of methoxy groups -OCH3 is 1. The van der Waals surface area contributed by atoms with Gasteiger partial charge in [-0.05, 0) is 82.2 Å². The molecule has 0 bridgehead atoms. The van der Waals surface area contributed by atoms with Crippen molar-refractivity contribution >= 4 is 33.5 Å². The van der Waals surface area contributed by atoms with Crippen molar-refractivity contribution in [2.24, 2.45) is 10.9 Å². The lowest BCUT2D eigenvalue weighted by atomic mass is 9.76. The molecule has 2 aliphatic rings. The molecule has 4 nitrogen and oxygen atoms in total. The van der Waals surface area contributed by atoms with E-state index in [1.165, 1.54) is 29.5 Å². The molecule has 1 aliphatic heterocycles. The highest BCUT2D eigenvalue weighted by molar-refractivity contribution is 9.10. The van der Waals surface area contributed by atoms with Crippen LogP contribution in [0.1, 0.15) is 40.6 Å². The van der Waals surface area contributed by atoms with Crippen molar-refractivity contribution in [1.82, 2.24) is 0 Å². The van der Waals surface area contributed by atoms with Crippen molar-refractivity contribution in [3.63, 3.8) is 0 Å². The largest absolute Gasteiger partial charge is 0.503 e. The van der Waals surface area contributed by atoms with Crippen LogP contribution >= 0.6 is 15.9 Å². The van der Waals surface area contributed by atoms with Crippen LogP contribution < -0.4 is 10.1 Å². The number of hydrogen-bond donors (Lipinski definition) is 2. The molecule has 3 aromatic rings. The Morgan fingerprint density at radius 2 is 1.94 bits per heavy atom. The lowest BCUT2D eigenvalue weighted by Crippen LogP contribution is -2.29. The molecule has 0 unspecified atom stereocenters. The Hall–Kier alpha value is -3.05. The maximum atomic E-state index is 9.97. The van der Waals surface area contributed by atoms with Crippen molar-refractivity contribution in [2.45, 2.75) is 25.3 Å². The number of anilines is 1. The van der Waals surface area contributed by atoms with Gasteiger partial charge in [0.25, 0.3) is 0 Å². The number of nitrogens with zero attached hydrogens (tertiary/aromatic N) is 1. The number of aryl methyl sites for hydroxylation is 1. The number of phenolic OH excluding ortho intramolecular Hbond substituents is 1. The lowest BCUT2D eigenvalue weighted by Gasteiger charge is -2.37. The molecule has 2 N–H and O–H groups in total. The van der Waals surface area contributed by atoms with E-state index in [4.69, 9.17) is 4.74 Å². The van der Waals surface area contributed by atoms with Crippen molar-refractivity contribution in [2.75, 3.05) is 12.4 Å². The van der Waals surface area contributed by atoms with E-state index in [0.717, 1.165) is 17.7 Å². The molecule has 0 aromatic heterocycles. The first-order chi connectivity index (χ1) is 15.5. The molecule has 162 valence electrons. The van der Waals surface area contributed by atoms with Crippen molar-refractivity contribution in [3.8, 4) is 11.5 Å². The summed E-state index contributed by atoms with van der Waals surface area (Å²) in [7, 11) is 1.53. The molecule has 0 spiro atoms. The number of halogens is 1. The van der Waals surface area contributed by atoms with Crippen molar-refractivity contribution in [3.05, 3.63) is 93.5 Å². The minimum Gasteiger partial charge on any atom is -0.503 e. The van der Waals surface area contributed by atoms with Gasteiger partial charge in [0, 0.05) is 17.8 Å². The van der Waals surface area contributed by atoms with Gasteiger partial charge in [-0.3, -0.25) is 4.99 Å². The Morgan fingerprint density at radius 1 is 1.12 bits per heavy atom. The van der Waals surface area contributed by atoms with Gasteiger partial charge in [-0.25, -0.2) is 0 Å². The summed E-state index contributed by atoms with van der Waals surface area (Å²) in [5, 5.41) is 13.8. The maximum Gasteiger partial charge on any atom is 0.172 e. The number of fused-ring (bicyclic) bond motifs is 3. The van der Waals surface area contributed by atoms with E-state index in [9.17, 15) is 5.11 Å². The summed E-state index contributed by atoms with van der Waals surface area (Å²) < 4.78 is 5.79. The number of phenols is 1. The zero-order valence-electron chi connectivity index (χ0n) is 18.0. The zero-order chi connectivity index (χ0) is 22.2. The number of rotatable bonds is 4. The predicted octanol–water partition coefficient (Wildman–Crippen LogP) is 7.05. The van der Waals surface area contributed by atoms with Gasteiger partial charge in [-0.15, -0.1) is 0 Å². The SMILES string of the molecule is COc1cc(C=Nc2ccc([C@@H]3Nc4ccc(C)cc4[C@H]4C=CC[C@H]43)cc2)cc(Br)c1O. The van der Waals surface area contributed by atoms with Gasteiger partial charge in [0.2, 0.25) is 0 Å². The van der Waals surface area contributed by atoms with Crippen LogP contribution in [0.4, 0.5) is 11.4 Å². The molecule has 0 radical (unpaired) electrons. The van der Waals surface area contributed by atoms with E-state index in [1.807, 2.05) is 6.07 Å². The van der Waals surface area contributed by atoms with Crippen LogP contribution in [-0.4, -0.2) is 18.4 Å². The summed E-state index contributed by atoms with van der Waals surface area (Å²) in [5.41, 5.74) is 6.96. The van der Waals surface area contributed by atoms with Gasteiger partial charge < -0.3 is 15.2 Å². The molecule has 3 aromatic carbocycles.